The van der Waals surface area contributed by atoms with Crippen LogP contribution in [-0.4, -0.2) is 11.9 Å². The number of carbonyl (C=O) groups is 1. The molecule has 0 saturated heterocycles. The highest BCUT2D eigenvalue weighted by molar-refractivity contribution is 5.79. The van der Waals surface area contributed by atoms with Crippen LogP contribution in [0, 0.1) is 5.92 Å². The number of hydrogen-bond acceptors (Lipinski definition) is 2. The van der Waals surface area contributed by atoms with Gasteiger partial charge in [-0.1, -0.05) is 19.3 Å². The smallest absolute Gasteiger partial charge is 0.234 e. The molecular weight excluding hydrogens is 140 g/mol. The average Bonchev–Trinajstić information content (AvgIpc) is 2.05. The first-order valence-electron chi connectivity index (χ1n) is 4.26. The van der Waals surface area contributed by atoms with E-state index in [9.17, 15) is 4.79 Å². The van der Waals surface area contributed by atoms with Crippen LogP contribution in [0.25, 0.3) is 0 Å². The normalized spacial score (nSPS) is 23.0. The Bertz CT molecular complexity index is 141. The summed E-state index contributed by atoms with van der Waals surface area (Å²) in [6.07, 6.45) is 5.83. The van der Waals surface area contributed by atoms with Crippen LogP contribution in [-0.2, 0) is 4.79 Å². The molecular formula is C8H16N2O. The van der Waals surface area contributed by atoms with Crippen molar-refractivity contribution in [3.05, 3.63) is 0 Å². The van der Waals surface area contributed by atoms with Gasteiger partial charge in [0.2, 0.25) is 5.91 Å². The SMILES string of the molecule is NC(=O)C(N)C1CCCCC1. The van der Waals surface area contributed by atoms with Crippen molar-refractivity contribution in [2.45, 2.75) is 38.1 Å². The Kier molecular flexibility index (Phi) is 2.88. The van der Waals surface area contributed by atoms with Crippen LogP contribution in [0.4, 0.5) is 0 Å². The Morgan fingerprint density at radius 3 is 2.27 bits per heavy atom. The molecule has 4 N–H and O–H groups in total. The van der Waals surface area contributed by atoms with Crippen LogP contribution >= 0.6 is 0 Å². The van der Waals surface area contributed by atoms with E-state index in [0.717, 1.165) is 12.8 Å². The second-order valence-electron chi connectivity index (χ2n) is 3.33. The lowest BCUT2D eigenvalue weighted by Gasteiger charge is -2.24. The van der Waals surface area contributed by atoms with Crippen LogP contribution in [0.1, 0.15) is 32.1 Å². The highest BCUT2D eigenvalue weighted by Gasteiger charge is 2.23. The summed E-state index contributed by atoms with van der Waals surface area (Å²) < 4.78 is 0. The van der Waals surface area contributed by atoms with E-state index in [-0.39, 0.29) is 5.91 Å². The van der Waals surface area contributed by atoms with Crippen LogP contribution in [0.3, 0.4) is 0 Å². The van der Waals surface area contributed by atoms with E-state index in [4.69, 9.17) is 11.5 Å². The Labute approximate surface area is 67.1 Å². The van der Waals surface area contributed by atoms with E-state index in [2.05, 4.69) is 0 Å². The molecule has 64 valence electrons. The molecule has 0 aliphatic heterocycles. The van der Waals surface area contributed by atoms with Gasteiger partial charge < -0.3 is 11.5 Å². The van der Waals surface area contributed by atoms with E-state index >= 15 is 0 Å². The number of rotatable bonds is 2. The van der Waals surface area contributed by atoms with E-state index in [1.54, 1.807) is 0 Å². The van der Waals surface area contributed by atoms with Crippen molar-refractivity contribution in [1.82, 2.24) is 0 Å². The van der Waals surface area contributed by atoms with Gasteiger partial charge in [0.15, 0.2) is 0 Å². The number of hydrogen-bond donors (Lipinski definition) is 2. The predicted molar refractivity (Wildman–Crippen MR) is 43.7 cm³/mol. The summed E-state index contributed by atoms with van der Waals surface area (Å²) in [5.41, 5.74) is 10.7. The van der Waals surface area contributed by atoms with Crippen molar-refractivity contribution in [1.29, 1.82) is 0 Å². The third kappa shape index (κ3) is 2.19. The van der Waals surface area contributed by atoms with Crippen molar-refractivity contribution < 1.29 is 4.79 Å². The van der Waals surface area contributed by atoms with Gasteiger partial charge in [-0.3, -0.25) is 4.79 Å². The van der Waals surface area contributed by atoms with Crippen molar-refractivity contribution in [2.75, 3.05) is 0 Å². The summed E-state index contributed by atoms with van der Waals surface area (Å²) in [6.45, 7) is 0. The topological polar surface area (TPSA) is 69.1 Å². The zero-order chi connectivity index (χ0) is 8.27. The van der Waals surface area contributed by atoms with Gasteiger partial charge in [-0.05, 0) is 18.8 Å². The summed E-state index contributed by atoms with van der Waals surface area (Å²) in [4.78, 5) is 10.7. The van der Waals surface area contributed by atoms with Gasteiger partial charge in [-0.25, -0.2) is 0 Å². The molecule has 0 spiro atoms. The first-order valence-corrected chi connectivity index (χ1v) is 4.26. The summed E-state index contributed by atoms with van der Waals surface area (Å²) in [7, 11) is 0. The molecule has 3 nitrogen and oxygen atoms in total. The van der Waals surface area contributed by atoms with E-state index < -0.39 is 6.04 Å². The van der Waals surface area contributed by atoms with Gasteiger partial charge in [0, 0.05) is 0 Å². The molecule has 1 aliphatic rings. The Hall–Kier alpha value is -0.570. The first-order chi connectivity index (χ1) is 5.22. The van der Waals surface area contributed by atoms with E-state index in [0.29, 0.717) is 5.92 Å². The molecule has 1 fully saturated rings. The summed E-state index contributed by atoms with van der Waals surface area (Å²) in [6, 6.07) is -0.407. The molecule has 1 rings (SSSR count). The monoisotopic (exact) mass is 156 g/mol. The second-order valence-corrected chi connectivity index (χ2v) is 3.33. The van der Waals surface area contributed by atoms with E-state index in [1.807, 2.05) is 0 Å². The summed E-state index contributed by atoms with van der Waals surface area (Å²) >= 11 is 0. The lowest BCUT2D eigenvalue weighted by atomic mass is 9.84. The molecule has 0 aromatic heterocycles. The van der Waals surface area contributed by atoms with Crippen LogP contribution in [0.5, 0.6) is 0 Å². The average molecular weight is 156 g/mol. The summed E-state index contributed by atoms with van der Waals surface area (Å²) in [5, 5.41) is 0. The molecule has 1 amide bonds. The van der Waals surface area contributed by atoms with Crippen molar-refractivity contribution in [3.8, 4) is 0 Å². The van der Waals surface area contributed by atoms with Gasteiger partial charge in [-0.2, -0.15) is 0 Å². The fourth-order valence-corrected chi connectivity index (χ4v) is 1.73. The minimum Gasteiger partial charge on any atom is -0.368 e. The molecule has 11 heavy (non-hydrogen) atoms. The van der Waals surface area contributed by atoms with Crippen molar-refractivity contribution in [2.24, 2.45) is 17.4 Å². The Morgan fingerprint density at radius 1 is 1.27 bits per heavy atom. The molecule has 0 aromatic rings. The standard InChI is InChI=1S/C8H16N2O/c9-7(8(10)11)6-4-2-1-3-5-6/h6-7H,1-5,9H2,(H2,10,11). The van der Waals surface area contributed by atoms with Gasteiger partial charge in [-0.15, -0.1) is 0 Å². The number of amides is 1. The first kappa shape index (κ1) is 8.53. The molecule has 1 aliphatic carbocycles. The predicted octanol–water partition coefficient (Wildman–Crippen LogP) is 0.379. The third-order valence-corrected chi connectivity index (χ3v) is 2.49. The zero-order valence-electron chi connectivity index (χ0n) is 6.75. The molecule has 1 unspecified atom stereocenters. The zero-order valence-corrected chi connectivity index (χ0v) is 6.75. The minimum absolute atomic E-state index is 0.348. The third-order valence-electron chi connectivity index (χ3n) is 2.49. The minimum atomic E-state index is -0.407. The Balaban J connectivity index is 2.38. The maximum atomic E-state index is 10.7. The molecule has 1 saturated carbocycles. The number of carbonyl (C=O) groups excluding carboxylic acids is 1. The maximum absolute atomic E-state index is 10.7. The van der Waals surface area contributed by atoms with Gasteiger partial charge in [0.1, 0.15) is 0 Å². The molecule has 3 heteroatoms. The van der Waals surface area contributed by atoms with Gasteiger partial charge >= 0.3 is 0 Å². The quantitative estimate of drug-likeness (QED) is 0.606. The Morgan fingerprint density at radius 2 is 1.82 bits per heavy atom. The van der Waals surface area contributed by atoms with Gasteiger partial charge in [0.25, 0.3) is 0 Å². The highest BCUT2D eigenvalue weighted by Crippen LogP contribution is 2.25. The van der Waals surface area contributed by atoms with Crippen LogP contribution < -0.4 is 11.5 Å². The highest BCUT2D eigenvalue weighted by atomic mass is 16.1. The largest absolute Gasteiger partial charge is 0.368 e. The lowest BCUT2D eigenvalue weighted by molar-refractivity contribution is -0.120. The second kappa shape index (κ2) is 3.72. The van der Waals surface area contributed by atoms with Crippen LogP contribution in [0.2, 0.25) is 0 Å². The van der Waals surface area contributed by atoms with E-state index in [1.165, 1.54) is 19.3 Å². The molecule has 0 aromatic carbocycles. The fraction of sp³-hybridized carbons (Fsp3) is 0.875. The van der Waals surface area contributed by atoms with Gasteiger partial charge in [0.05, 0.1) is 6.04 Å². The lowest BCUT2D eigenvalue weighted by Crippen LogP contribution is -2.43. The molecule has 0 radical (unpaired) electrons. The number of nitrogens with two attached hydrogens (primary N) is 2. The summed E-state index contributed by atoms with van der Waals surface area (Å²) in [5.74, 6) is -0.00171. The van der Waals surface area contributed by atoms with Crippen molar-refractivity contribution in [3.63, 3.8) is 0 Å². The molecule has 1 atom stereocenters. The molecule has 0 bridgehead atoms. The van der Waals surface area contributed by atoms with Crippen molar-refractivity contribution >= 4 is 5.91 Å². The maximum Gasteiger partial charge on any atom is 0.234 e. The fourth-order valence-electron chi connectivity index (χ4n) is 1.73. The molecule has 0 heterocycles. The number of primary amides is 1. The van der Waals surface area contributed by atoms with Crippen LogP contribution in [0.15, 0.2) is 0 Å².